The smallest absolute Gasteiger partial charge is 0.237 e. The number of rotatable bonds is 7. The molecule has 0 atom stereocenters. The molecule has 31 heavy (non-hydrogen) atoms. The summed E-state index contributed by atoms with van der Waals surface area (Å²) in [5.74, 6) is 0.714. The van der Waals surface area contributed by atoms with Crippen LogP contribution in [-0.2, 0) is 11.2 Å². The predicted molar refractivity (Wildman–Crippen MR) is 120 cm³/mol. The van der Waals surface area contributed by atoms with Crippen LogP contribution in [0.1, 0.15) is 34.5 Å². The molecule has 0 unspecified atom stereocenters. The lowest BCUT2D eigenvalue weighted by atomic mass is 10.1. The SMILES string of the molecule is CSc1nc(C)c(CCC(=O)Nc2ccc(Oc3ncccc3C#N)cc2C)c(C)n1. The van der Waals surface area contributed by atoms with Crippen LogP contribution in [0, 0.1) is 32.1 Å². The Labute approximate surface area is 185 Å². The number of aryl methyl sites for hydroxylation is 3. The molecule has 0 saturated carbocycles. The van der Waals surface area contributed by atoms with Crippen LogP contribution in [0.25, 0.3) is 0 Å². The Morgan fingerprint density at radius 1 is 1.19 bits per heavy atom. The Hall–Kier alpha value is -3.44. The number of hydrogen-bond donors (Lipinski definition) is 1. The van der Waals surface area contributed by atoms with E-state index in [1.165, 1.54) is 11.8 Å². The zero-order valence-electron chi connectivity index (χ0n) is 17.9. The van der Waals surface area contributed by atoms with Crippen molar-refractivity contribution in [1.29, 1.82) is 5.26 Å². The topological polar surface area (TPSA) is 101 Å². The number of amides is 1. The first-order valence-electron chi connectivity index (χ1n) is 9.73. The van der Waals surface area contributed by atoms with E-state index in [-0.39, 0.29) is 11.8 Å². The summed E-state index contributed by atoms with van der Waals surface area (Å²) in [7, 11) is 0. The fraction of sp³-hybridized carbons (Fsp3) is 0.261. The number of thioether (sulfide) groups is 1. The van der Waals surface area contributed by atoms with Crippen LogP contribution >= 0.6 is 11.8 Å². The number of carbonyl (C=O) groups excluding carboxylic acids is 1. The van der Waals surface area contributed by atoms with E-state index < -0.39 is 0 Å². The molecule has 0 aliphatic carbocycles. The van der Waals surface area contributed by atoms with Crippen LogP contribution in [-0.4, -0.2) is 27.1 Å². The molecule has 1 N–H and O–H groups in total. The molecule has 2 aromatic heterocycles. The summed E-state index contributed by atoms with van der Waals surface area (Å²) in [5, 5.41) is 12.9. The first kappa shape index (κ1) is 22.2. The van der Waals surface area contributed by atoms with Crippen molar-refractivity contribution in [2.45, 2.75) is 38.8 Å². The fourth-order valence-corrected chi connectivity index (χ4v) is 3.58. The van der Waals surface area contributed by atoms with Crippen molar-refractivity contribution < 1.29 is 9.53 Å². The van der Waals surface area contributed by atoms with E-state index in [0.29, 0.717) is 29.8 Å². The molecule has 0 bridgehead atoms. The third-order valence-electron chi connectivity index (χ3n) is 4.76. The van der Waals surface area contributed by atoms with Gasteiger partial charge in [0.1, 0.15) is 17.4 Å². The molecular weight excluding hydrogens is 410 g/mol. The monoisotopic (exact) mass is 433 g/mol. The Morgan fingerprint density at radius 3 is 2.58 bits per heavy atom. The van der Waals surface area contributed by atoms with Gasteiger partial charge in [-0.05, 0) is 74.9 Å². The van der Waals surface area contributed by atoms with Gasteiger partial charge in [0.25, 0.3) is 0 Å². The van der Waals surface area contributed by atoms with Crippen molar-refractivity contribution in [3.05, 3.63) is 64.6 Å². The fourth-order valence-electron chi connectivity index (χ4n) is 3.12. The van der Waals surface area contributed by atoms with Crippen LogP contribution in [0.3, 0.4) is 0 Å². The maximum Gasteiger partial charge on any atom is 0.237 e. The minimum atomic E-state index is -0.0824. The number of nitrogens with one attached hydrogen (secondary N) is 1. The second kappa shape index (κ2) is 10.0. The van der Waals surface area contributed by atoms with Gasteiger partial charge in [-0.1, -0.05) is 11.8 Å². The normalized spacial score (nSPS) is 10.4. The van der Waals surface area contributed by atoms with Crippen molar-refractivity contribution in [1.82, 2.24) is 15.0 Å². The first-order valence-corrected chi connectivity index (χ1v) is 10.9. The summed E-state index contributed by atoms with van der Waals surface area (Å²) in [5.41, 5.74) is 4.75. The van der Waals surface area contributed by atoms with Gasteiger partial charge in [-0.3, -0.25) is 4.79 Å². The minimum absolute atomic E-state index is 0.0824. The maximum atomic E-state index is 12.5. The molecule has 7 nitrogen and oxygen atoms in total. The van der Waals surface area contributed by atoms with Crippen molar-refractivity contribution in [2.75, 3.05) is 11.6 Å². The highest BCUT2D eigenvalue weighted by Crippen LogP contribution is 2.27. The van der Waals surface area contributed by atoms with E-state index in [4.69, 9.17) is 10.00 Å². The molecule has 0 aliphatic heterocycles. The zero-order valence-corrected chi connectivity index (χ0v) is 18.7. The number of hydrogen-bond acceptors (Lipinski definition) is 7. The number of carbonyl (C=O) groups is 1. The second-order valence-electron chi connectivity index (χ2n) is 6.95. The zero-order chi connectivity index (χ0) is 22.4. The highest BCUT2D eigenvalue weighted by atomic mass is 32.2. The summed E-state index contributed by atoms with van der Waals surface area (Å²) in [4.78, 5) is 25.5. The van der Waals surface area contributed by atoms with Gasteiger partial charge in [0, 0.05) is 29.7 Å². The molecule has 0 aliphatic rings. The Morgan fingerprint density at radius 2 is 1.94 bits per heavy atom. The average molecular weight is 434 g/mol. The number of nitriles is 1. The third kappa shape index (κ3) is 5.58. The van der Waals surface area contributed by atoms with Gasteiger partial charge in [0.15, 0.2) is 5.16 Å². The molecule has 8 heteroatoms. The summed E-state index contributed by atoms with van der Waals surface area (Å²) in [6, 6.07) is 10.7. The highest BCUT2D eigenvalue weighted by molar-refractivity contribution is 7.98. The lowest BCUT2D eigenvalue weighted by Crippen LogP contribution is -2.14. The molecule has 3 aromatic rings. The number of nitrogens with zero attached hydrogens (tertiary/aromatic N) is 4. The number of benzene rings is 1. The van der Waals surface area contributed by atoms with Crippen LogP contribution in [0.2, 0.25) is 0 Å². The molecule has 0 radical (unpaired) electrons. The summed E-state index contributed by atoms with van der Waals surface area (Å²) in [6.07, 6.45) is 4.43. The van der Waals surface area contributed by atoms with Gasteiger partial charge in [0.05, 0.1) is 0 Å². The van der Waals surface area contributed by atoms with E-state index in [1.807, 2.05) is 27.0 Å². The van der Waals surface area contributed by atoms with Gasteiger partial charge in [-0.2, -0.15) is 5.26 Å². The average Bonchev–Trinajstić information content (AvgIpc) is 2.75. The number of aromatic nitrogens is 3. The summed E-state index contributed by atoms with van der Waals surface area (Å²) >= 11 is 1.51. The quantitative estimate of drug-likeness (QED) is 0.424. The lowest BCUT2D eigenvalue weighted by molar-refractivity contribution is -0.116. The number of anilines is 1. The van der Waals surface area contributed by atoms with Crippen LogP contribution < -0.4 is 10.1 Å². The molecule has 1 amide bonds. The van der Waals surface area contributed by atoms with E-state index in [0.717, 1.165) is 27.7 Å². The molecule has 3 rings (SSSR count). The Balaban J connectivity index is 1.64. The third-order valence-corrected chi connectivity index (χ3v) is 5.31. The number of pyridine rings is 1. The molecule has 0 spiro atoms. The maximum absolute atomic E-state index is 12.5. The predicted octanol–water partition coefficient (Wildman–Crippen LogP) is 4.75. The van der Waals surface area contributed by atoms with Crippen LogP contribution in [0.5, 0.6) is 11.6 Å². The molecule has 0 fully saturated rings. The van der Waals surface area contributed by atoms with Gasteiger partial charge in [0.2, 0.25) is 11.8 Å². The Kier molecular flexibility index (Phi) is 7.21. The summed E-state index contributed by atoms with van der Waals surface area (Å²) in [6.45, 7) is 5.78. The van der Waals surface area contributed by atoms with Crippen LogP contribution in [0.4, 0.5) is 5.69 Å². The largest absolute Gasteiger partial charge is 0.438 e. The molecule has 158 valence electrons. The van der Waals surface area contributed by atoms with E-state index in [2.05, 4.69) is 26.3 Å². The van der Waals surface area contributed by atoms with E-state index in [9.17, 15) is 4.79 Å². The van der Waals surface area contributed by atoms with Crippen molar-refractivity contribution in [2.24, 2.45) is 0 Å². The highest BCUT2D eigenvalue weighted by Gasteiger charge is 2.12. The van der Waals surface area contributed by atoms with Gasteiger partial charge < -0.3 is 10.1 Å². The molecule has 1 aromatic carbocycles. The van der Waals surface area contributed by atoms with Crippen molar-refractivity contribution >= 4 is 23.4 Å². The number of ether oxygens (including phenoxy) is 1. The van der Waals surface area contributed by atoms with E-state index in [1.54, 1.807) is 36.5 Å². The van der Waals surface area contributed by atoms with Gasteiger partial charge in [-0.15, -0.1) is 0 Å². The van der Waals surface area contributed by atoms with Crippen molar-refractivity contribution in [3.63, 3.8) is 0 Å². The van der Waals surface area contributed by atoms with Gasteiger partial charge >= 0.3 is 0 Å². The van der Waals surface area contributed by atoms with E-state index >= 15 is 0 Å². The second-order valence-corrected chi connectivity index (χ2v) is 7.73. The van der Waals surface area contributed by atoms with Crippen LogP contribution in [0.15, 0.2) is 41.7 Å². The Bertz CT molecular complexity index is 1130. The van der Waals surface area contributed by atoms with Crippen molar-refractivity contribution in [3.8, 4) is 17.7 Å². The first-order chi connectivity index (χ1) is 14.9. The minimum Gasteiger partial charge on any atom is -0.438 e. The molecule has 0 saturated heterocycles. The molecular formula is C23H23N5O2S. The standard InChI is InChI=1S/C23H23N5O2S/c1-14-12-18(30-22-17(13-24)6-5-11-25-22)7-9-20(14)28-21(29)10-8-19-15(2)26-23(31-4)27-16(19)3/h5-7,9,11-12H,8,10H2,1-4H3,(H,28,29). The summed E-state index contributed by atoms with van der Waals surface area (Å²) < 4.78 is 5.73. The lowest BCUT2D eigenvalue weighted by Gasteiger charge is -2.12. The van der Waals surface area contributed by atoms with Gasteiger partial charge in [-0.25, -0.2) is 15.0 Å². The molecule has 2 heterocycles.